The van der Waals surface area contributed by atoms with Gasteiger partial charge in [0.1, 0.15) is 12.3 Å². The molecular formula is C22H28N2O5S. The molecule has 3 rings (SSSR count). The van der Waals surface area contributed by atoms with Gasteiger partial charge in [0.15, 0.2) is 0 Å². The van der Waals surface area contributed by atoms with Crippen molar-refractivity contribution in [2.45, 2.75) is 37.7 Å². The minimum atomic E-state index is -3.95. The molecule has 1 heterocycles. The summed E-state index contributed by atoms with van der Waals surface area (Å²) in [5.74, 6) is 0.216. The van der Waals surface area contributed by atoms with Gasteiger partial charge in [-0.1, -0.05) is 17.7 Å². The van der Waals surface area contributed by atoms with Crippen LogP contribution in [0, 0.1) is 6.92 Å². The Morgan fingerprint density at radius 3 is 2.47 bits per heavy atom. The van der Waals surface area contributed by atoms with Crippen molar-refractivity contribution in [1.29, 1.82) is 0 Å². The molecule has 0 saturated carbocycles. The van der Waals surface area contributed by atoms with Gasteiger partial charge in [-0.05, 0) is 63.1 Å². The van der Waals surface area contributed by atoms with Crippen LogP contribution in [0.5, 0.6) is 5.75 Å². The zero-order chi connectivity index (χ0) is 21.6. The smallest absolute Gasteiger partial charge is 0.264 e. The molecule has 1 atom stereocenters. The van der Waals surface area contributed by atoms with Crippen LogP contribution in [0.1, 0.15) is 25.3 Å². The number of hydrogen-bond donors (Lipinski definition) is 1. The highest BCUT2D eigenvalue weighted by Gasteiger charge is 2.27. The Balaban J connectivity index is 1.82. The predicted octanol–water partition coefficient (Wildman–Crippen LogP) is 2.88. The third kappa shape index (κ3) is 5.52. The molecule has 8 heteroatoms. The van der Waals surface area contributed by atoms with Crippen molar-refractivity contribution in [2.24, 2.45) is 0 Å². The third-order valence-electron chi connectivity index (χ3n) is 4.88. The quantitative estimate of drug-likeness (QED) is 0.659. The van der Waals surface area contributed by atoms with Crippen molar-refractivity contribution in [3.05, 3.63) is 54.1 Å². The van der Waals surface area contributed by atoms with Gasteiger partial charge in [-0.2, -0.15) is 0 Å². The molecule has 1 N–H and O–H groups in total. The number of carbonyl (C=O) groups is 1. The SMILES string of the molecule is CCOc1ccc(S(=O)(=O)N(CC(=O)NC[C@H]2CCCO2)c2ccc(C)cc2)cc1. The second kappa shape index (κ2) is 9.95. The van der Waals surface area contributed by atoms with Crippen LogP contribution in [0.2, 0.25) is 0 Å². The van der Waals surface area contributed by atoms with Crippen molar-refractivity contribution in [3.8, 4) is 5.75 Å². The lowest BCUT2D eigenvalue weighted by Gasteiger charge is -2.24. The molecule has 1 saturated heterocycles. The van der Waals surface area contributed by atoms with Crippen molar-refractivity contribution in [2.75, 3.05) is 30.6 Å². The van der Waals surface area contributed by atoms with Gasteiger partial charge in [-0.3, -0.25) is 9.10 Å². The monoisotopic (exact) mass is 432 g/mol. The molecule has 0 unspecified atom stereocenters. The van der Waals surface area contributed by atoms with E-state index in [1.54, 1.807) is 24.3 Å². The molecule has 2 aromatic carbocycles. The number of nitrogens with one attached hydrogen (secondary N) is 1. The summed E-state index contributed by atoms with van der Waals surface area (Å²) < 4.78 is 38.8. The number of amides is 1. The highest BCUT2D eigenvalue weighted by atomic mass is 32.2. The van der Waals surface area contributed by atoms with E-state index in [0.717, 1.165) is 22.7 Å². The normalized spacial score (nSPS) is 16.3. The van der Waals surface area contributed by atoms with E-state index < -0.39 is 10.0 Å². The summed E-state index contributed by atoms with van der Waals surface area (Å²) in [6, 6.07) is 13.3. The number of ether oxygens (including phenoxy) is 2. The maximum absolute atomic E-state index is 13.4. The van der Waals surface area contributed by atoms with Crippen molar-refractivity contribution < 1.29 is 22.7 Å². The molecule has 1 fully saturated rings. The van der Waals surface area contributed by atoms with E-state index in [2.05, 4.69) is 5.32 Å². The molecule has 0 radical (unpaired) electrons. The van der Waals surface area contributed by atoms with Gasteiger partial charge in [0.25, 0.3) is 10.0 Å². The van der Waals surface area contributed by atoms with Gasteiger partial charge >= 0.3 is 0 Å². The fourth-order valence-electron chi connectivity index (χ4n) is 3.25. The van der Waals surface area contributed by atoms with Gasteiger partial charge < -0.3 is 14.8 Å². The largest absolute Gasteiger partial charge is 0.494 e. The second-order valence-corrected chi connectivity index (χ2v) is 9.05. The zero-order valence-electron chi connectivity index (χ0n) is 17.3. The van der Waals surface area contributed by atoms with Gasteiger partial charge in [0.05, 0.1) is 23.3 Å². The number of anilines is 1. The van der Waals surface area contributed by atoms with Crippen LogP contribution >= 0.6 is 0 Å². The van der Waals surface area contributed by atoms with E-state index in [1.807, 2.05) is 26.0 Å². The Labute approximate surface area is 178 Å². The number of rotatable bonds is 9. The number of benzene rings is 2. The minimum absolute atomic E-state index is 0.00973. The molecule has 7 nitrogen and oxygen atoms in total. The van der Waals surface area contributed by atoms with E-state index in [0.29, 0.717) is 31.2 Å². The summed E-state index contributed by atoms with van der Waals surface area (Å²) >= 11 is 0. The Kier molecular flexibility index (Phi) is 7.33. The van der Waals surface area contributed by atoms with Crippen LogP contribution in [-0.4, -0.2) is 46.7 Å². The number of hydrogen-bond acceptors (Lipinski definition) is 5. The Morgan fingerprint density at radius 1 is 1.17 bits per heavy atom. The molecule has 162 valence electrons. The molecule has 0 aliphatic carbocycles. The third-order valence-corrected chi connectivity index (χ3v) is 6.67. The van der Waals surface area contributed by atoms with Crippen LogP contribution in [0.25, 0.3) is 0 Å². The van der Waals surface area contributed by atoms with Crippen molar-refractivity contribution >= 4 is 21.6 Å². The first-order valence-corrected chi connectivity index (χ1v) is 11.5. The van der Waals surface area contributed by atoms with E-state index in [4.69, 9.17) is 9.47 Å². The summed E-state index contributed by atoms with van der Waals surface area (Å²) in [4.78, 5) is 12.7. The van der Waals surface area contributed by atoms with Crippen molar-refractivity contribution in [3.63, 3.8) is 0 Å². The number of aryl methyl sites for hydroxylation is 1. The maximum Gasteiger partial charge on any atom is 0.264 e. The molecule has 0 bridgehead atoms. The van der Waals surface area contributed by atoms with Gasteiger partial charge in [-0.25, -0.2) is 8.42 Å². The fraction of sp³-hybridized carbons (Fsp3) is 0.409. The highest BCUT2D eigenvalue weighted by Crippen LogP contribution is 2.25. The first-order valence-electron chi connectivity index (χ1n) is 10.1. The predicted molar refractivity (Wildman–Crippen MR) is 115 cm³/mol. The molecule has 2 aromatic rings. The van der Waals surface area contributed by atoms with E-state index in [9.17, 15) is 13.2 Å². The van der Waals surface area contributed by atoms with Crippen LogP contribution in [0.3, 0.4) is 0 Å². The number of nitrogens with zero attached hydrogens (tertiary/aromatic N) is 1. The summed E-state index contributed by atoms with van der Waals surface area (Å²) in [5, 5.41) is 2.80. The van der Waals surface area contributed by atoms with Crippen molar-refractivity contribution in [1.82, 2.24) is 5.32 Å². The van der Waals surface area contributed by atoms with Crippen LogP contribution in [-0.2, 0) is 19.6 Å². The average molecular weight is 433 g/mol. The lowest BCUT2D eigenvalue weighted by Crippen LogP contribution is -2.42. The number of carbonyl (C=O) groups excluding carboxylic acids is 1. The average Bonchev–Trinajstić information content (AvgIpc) is 3.26. The van der Waals surface area contributed by atoms with Crippen LogP contribution in [0.15, 0.2) is 53.4 Å². The lowest BCUT2D eigenvalue weighted by molar-refractivity contribution is -0.120. The molecule has 1 aliphatic heterocycles. The highest BCUT2D eigenvalue weighted by molar-refractivity contribution is 7.92. The lowest BCUT2D eigenvalue weighted by atomic mass is 10.2. The summed E-state index contributed by atoms with van der Waals surface area (Å²) in [5.41, 5.74) is 1.43. The van der Waals surface area contributed by atoms with E-state index in [-0.39, 0.29) is 23.5 Å². The van der Waals surface area contributed by atoms with Crippen LogP contribution in [0.4, 0.5) is 5.69 Å². The molecule has 0 aromatic heterocycles. The summed E-state index contributed by atoms with van der Waals surface area (Å²) in [6.07, 6.45) is 1.86. The molecule has 1 aliphatic rings. The van der Waals surface area contributed by atoms with Gasteiger partial charge in [0.2, 0.25) is 5.91 Å². The Hall–Kier alpha value is -2.58. The van der Waals surface area contributed by atoms with Crippen LogP contribution < -0.4 is 14.4 Å². The van der Waals surface area contributed by atoms with Gasteiger partial charge in [-0.15, -0.1) is 0 Å². The number of sulfonamides is 1. The topological polar surface area (TPSA) is 84.9 Å². The van der Waals surface area contributed by atoms with Gasteiger partial charge in [0, 0.05) is 13.2 Å². The van der Waals surface area contributed by atoms with E-state index in [1.165, 1.54) is 12.1 Å². The molecule has 0 spiro atoms. The Morgan fingerprint density at radius 2 is 1.87 bits per heavy atom. The fourth-order valence-corrected chi connectivity index (χ4v) is 4.67. The zero-order valence-corrected chi connectivity index (χ0v) is 18.2. The maximum atomic E-state index is 13.4. The first kappa shape index (κ1) is 22.1. The minimum Gasteiger partial charge on any atom is -0.494 e. The summed E-state index contributed by atoms with van der Waals surface area (Å²) in [6.45, 7) is 5.03. The van der Waals surface area contributed by atoms with E-state index >= 15 is 0 Å². The summed E-state index contributed by atoms with van der Waals surface area (Å²) in [7, 11) is -3.95. The molecule has 30 heavy (non-hydrogen) atoms. The second-order valence-electron chi connectivity index (χ2n) is 7.19. The standard InChI is InChI=1S/C22H28N2O5S/c1-3-28-19-10-12-21(13-11-19)30(26,27)24(18-8-6-17(2)7-9-18)16-22(25)23-15-20-5-4-14-29-20/h6-13,20H,3-5,14-16H2,1-2H3,(H,23,25)/t20-/m1/s1. The first-order chi connectivity index (χ1) is 14.4. The molecule has 1 amide bonds. The molecular weight excluding hydrogens is 404 g/mol. The Bertz CT molecular complexity index is 936.